The molecular formula is C13H10ClN5OS. The Morgan fingerprint density at radius 3 is 2.90 bits per heavy atom. The van der Waals surface area contributed by atoms with Crippen LogP contribution in [0.4, 0.5) is 5.69 Å². The number of benzene rings is 1. The van der Waals surface area contributed by atoms with Gasteiger partial charge in [-0.05, 0) is 30.3 Å². The summed E-state index contributed by atoms with van der Waals surface area (Å²) in [6.45, 7) is 0. The van der Waals surface area contributed by atoms with Gasteiger partial charge in [-0.3, -0.25) is 9.20 Å². The summed E-state index contributed by atoms with van der Waals surface area (Å²) in [5.74, 6) is 0.624. The second-order valence-corrected chi connectivity index (χ2v) is 5.49. The van der Waals surface area contributed by atoms with Crippen LogP contribution in [0.3, 0.4) is 0 Å². The summed E-state index contributed by atoms with van der Waals surface area (Å²) in [6.07, 6.45) is 3.45. The lowest BCUT2D eigenvalue weighted by molar-refractivity contribution is -0.113. The van der Waals surface area contributed by atoms with Crippen molar-refractivity contribution in [2.45, 2.75) is 5.16 Å². The van der Waals surface area contributed by atoms with E-state index in [1.165, 1.54) is 11.8 Å². The van der Waals surface area contributed by atoms with Crippen molar-refractivity contribution in [1.29, 1.82) is 0 Å². The van der Waals surface area contributed by atoms with Crippen LogP contribution in [0.15, 0.2) is 47.9 Å². The van der Waals surface area contributed by atoms with Crippen LogP contribution in [-0.2, 0) is 4.79 Å². The first kappa shape index (κ1) is 13.8. The Morgan fingerprint density at radius 1 is 1.29 bits per heavy atom. The lowest BCUT2D eigenvalue weighted by atomic mass is 10.3. The fourth-order valence-electron chi connectivity index (χ4n) is 1.68. The number of nitrogens with one attached hydrogen (secondary N) is 1. The van der Waals surface area contributed by atoms with Gasteiger partial charge in [0, 0.05) is 23.1 Å². The first-order valence-corrected chi connectivity index (χ1v) is 7.43. The third-order valence-electron chi connectivity index (χ3n) is 2.62. The molecular weight excluding hydrogens is 310 g/mol. The Labute approximate surface area is 129 Å². The molecule has 0 unspecified atom stereocenters. The molecule has 0 radical (unpaired) electrons. The van der Waals surface area contributed by atoms with Crippen molar-refractivity contribution < 1.29 is 4.79 Å². The quantitative estimate of drug-likeness (QED) is 0.748. The van der Waals surface area contributed by atoms with Gasteiger partial charge in [-0.15, -0.1) is 10.2 Å². The molecule has 8 heteroatoms. The molecule has 106 valence electrons. The number of aromatic nitrogens is 4. The molecule has 0 atom stereocenters. The zero-order valence-corrected chi connectivity index (χ0v) is 12.3. The van der Waals surface area contributed by atoms with E-state index >= 15 is 0 Å². The summed E-state index contributed by atoms with van der Waals surface area (Å²) < 4.78 is 1.74. The Hall–Kier alpha value is -2.12. The molecule has 0 saturated heterocycles. The number of amides is 1. The zero-order valence-electron chi connectivity index (χ0n) is 10.7. The second kappa shape index (κ2) is 6.11. The lowest BCUT2D eigenvalue weighted by Gasteiger charge is -2.04. The van der Waals surface area contributed by atoms with Crippen LogP contribution in [0.25, 0.3) is 5.78 Å². The molecule has 0 bridgehead atoms. The highest BCUT2D eigenvalue weighted by Crippen LogP contribution is 2.17. The van der Waals surface area contributed by atoms with Crippen LogP contribution < -0.4 is 5.32 Å². The Balaban J connectivity index is 1.62. The normalized spacial score (nSPS) is 10.7. The number of halogens is 1. The van der Waals surface area contributed by atoms with Gasteiger partial charge < -0.3 is 5.32 Å². The fraction of sp³-hybridized carbons (Fsp3) is 0.0769. The smallest absolute Gasteiger partial charge is 0.255 e. The lowest BCUT2D eigenvalue weighted by Crippen LogP contribution is -2.14. The molecule has 1 amide bonds. The third kappa shape index (κ3) is 3.32. The monoisotopic (exact) mass is 319 g/mol. The Bertz CT molecular complexity index is 774. The molecule has 0 aliphatic carbocycles. The molecule has 0 spiro atoms. The zero-order chi connectivity index (χ0) is 14.7. The topological polar surface area (TPSA) is 72.2 Å². The molecule has 2 aromatic heterocycles. The minimum atomic E-state index is -0.122. The van der Waals surface area contributed by atoms with Crippen LogP contribution in [0.1, 0.15) is 0 Å². The van der Waals surface area contributed by atoms with Gasteiger partial charge in [0.1, 0.15) is 0 Å². The summed E-state index contributed by atoms with van der Waals surface area (Å²) in [5, 5.41) is 12.0. The standard InChI is InChI=1S/C13H10ClN5OS/c14-9-2-4-10(5-3-9)16-11(20)8-21-13-18-17-12-15-6-1-7-19(12)13/h1-7H,8H2,(H,16,20). The van der Waals surface area contributed by atoms with Crippen molar-refractivity contribution in [3.05, 3.63) is 47.7 Å². The van der Waals surface area contributed by atoms with Gasteiger partial charge in [0.2, 0.25) is 5.91 Å². The molecule has 1 N–H and O–H groups in total. The summed E-state index contributed by atoms with van der Waals surface area (Å²) >= 11 is 7.09. The first-order valence-electron chi connectivity index (χ1n) is 6.06. The summed E-state index contributed by atoms with van der Waals surface area (Å²) in [5.41, 5.74) is 0.706. The van der Waals surface area contributed by atoms with E-state index in [1.807, 2.05) is 6.20 Å². The van der Waals surface area contributed by atoms with Crippen molar-refractivity contribution >= 4 is 40.7 Å². The van der Waals surface area contributed by atoms with E-state index in [1.54, 1.807) is 40.9 Å². The van der Waals surface area contributed by atoms with E-state index in [-0.39, 0.29) is 11.7 Å². The summed E-state index contributed by atoms with van der Waals surface area (Å²) in [7, 11) is 0. The van der Waals surface area contributed by atoms with E-state index < -0.39 is 0 Å². The predicted octanol–water partition coefficient (Wildman–Crippen LogP) is 2.51. The van der Waals surface area contributed by atoms with Gasteiger partial charge in [-0.1, -0.05) is 23.4 Å². The number of anilines is 1. The van der Waals surface area contributed by atoms with Gasteiger partial charge in [0.25, 0.3) is 5.78 Å². The largest absolute Gasteiger partial charge is 0.325 e. The van der Waals surface area contributed by atoms with Gasteiger partial charge in [0.15, 0.2) is 5.16 Å². The van der Waals surface area contributed by atoms with Crippen molar-refractivity contribution in [3.8, 4) is 0 Å². The number of hydrogen-bond acceptors (Lipinski definition) is 5. The minimum Gasteiger partial charge on any atom is -0.325 e. The number of nitrogens with zero attached hydrogens (tertiary/aromatic N) is 4. The number of thioether (sulfide) groups is 1. The molecule has 1 aromatic carbocycles. The van der Waals surface area contributed by atoms with Crippen LogP contribution in [0, 0.1) is 0 Å². The first-order chi connectivity index (χ1) is 10.2. The van der Waals surface area contributed by atoms with Crippen molar-refractivity contribution in [2.75, 3.05) is 11.1 Å². The number of hydrogen-bond donors (Lipinski definition) is 1. The van der Waals surface area contributed by atoms with Crippen molar-refractivity contribution in [2.24, 2.45) is 0 Å². The molecule has 0 fully saturated rings. The molecule has 0 aliphatic heterocycles. The van der Waals surface area contributed by atoms with Gasteiger partial charge >= 0.3 is 0 Å². The highest BCUT2D eigenvalue weighted by atomic mass is 35.5. The van der Waals surface area contributed by atoms with Crippen LogP contribution >= 0.6 is 23.4 Å². The Kier molecular flexibility index (Phi) is 4.03. The molecule has 0 saturated carbocycles. The fourth-order valence-corrected chi connectivity index (χ4v) is 2.52. The van der Waals surface area contributed by atoms with E-state index in [0.29, 0.717) is 21.6 Å². The second-order valence-electron chi connectivity index (χ2n) is 4.12. The van der Waals surface area contributed by atoms with Crippen LogP contribution in [0.5, 0.6) is 0 Å². The van der Waals surface area contributed by atoms with E-state index in [4.69, 9.17) is 11.6 Å². The van der Waals surface area contributed by atoms with E-state index in [2.05, 4.69) is 20.5 Å². The number of rotatable bonds is 4. The molecule has 21 heavy (non-hydrogen) atoms. The van der Waals surface area contributed by atoms with E-state index in [0.717, 1.165) is 0 Å². The molecule has 3 rings (SSSR count). The van der Waals surface area contributed by atoms with Crippen molar-refractivity contribution in [3.63, 3.8) is 0 Å². The molecule has 3 aromatic rings. The number of carbonyl (C=O) groups excluding carboxylic acids is 1. The minimum absolute atomic E-state index is 0.122. The van der Waals surface area contributed by atoms with Gasteiger partial charge in [-0.25, -0.2) is 4.98 Å². The van der Waals surface area contributed by atoms with Crippen LogP contribution in [0.2, 0.25) is 5.02 Å². The maximum Gasteiger partial charge on any atom is 0.255 e. The average molecular weight is 320 g/mol. The van der Waals surface area contributed by atoms with Gasteiger partial charge in [-0.2, -0.15) is 0 Å². The van der Waals surface area contributed by atoms with Gasteiger partial charge in [0.05, 0.1) is 5.75 Å². The maximum absolute atomic E-state index is 11.9. The highest BCUT2D eigenvalue weighted by molar-refractivity contribution is 7.99. The predicted molar refractivity (Wildman–Crippen MR) is 81.6 cm³/mol. The third-order valence-corrected chi connectivity index (χ3v) is 3.81. The van der Waals surface area contributed by atoms with Crippen molar-refractivity contribution in [1.82, 2.24) is 19.6 Å². The van der Waals surface area contributed by atoms with Crippen LogP contribution in [-0.4, -0.2) is 31.2 Å². The molecule has 0 aliphatic rings. The number of fused-ring (bicyclic) bond motifs is 1. The van der Waals surface area contributed by atoms with E-state index in [9.17, 15) is 4.79 Å². The molecule has 2 heterocycles. The summed E-state index contributed by atoms with van der Waals surface area (Å²) in [6, 6.07) is 8.74. The molecule has 6 nitrogen and oxygen atoms in total. The Morgan fingerprint density at radius 2 is 2.10 bits per heavy atom. The highest BCUT2D eigenvalue weighted by Gasteiger charge is 2.09. The number of carbonyl (C=O) groups is 1. The maximum atomic E-state index is 11.9. The summed E-state index contributed by atoms with van der Waals surface area (Å²) in [4.78, 5) is 16.0. The average Bonchev–Trinajstić information content (AvgIpc) is 2.91. The SMILES string of the molecule is O=C(CSc1nnc2ncccn12)Nc1ccc(Cl)cc1.